The van der Waals surface area contributed by atoms with Crippen molar-refractivity contribution in [2.24, 2.45) is 5.92 Å². The van der Waals surface area contributed by atoms with Gasteiger partial charge in [-0.05, 0) is 50.3 Å². The maximum Gasteiger partial charge on any atom is 0.161 e. The molecule has 0 N–H and O–H groups in total. The van der Waals surface area contributed by atoms with Crippen LogP contribution in [0.2, 0.25) is 0 Å². The number of halogens is 1. The van der Waals surface area contributed by atoms with E-state index in [1.54, 1.807) is 6.92 Å². The van der Waals surface area contributed by atoms with Gasteiger partial charge in [0.1, 0.15) is 5.82 Å². The van der Waals surface area contributed by atoms with Crippen molar-refractivity contribution in [3.8, 4) is 0 Å². The number of ketones is 1. The van der Waals surface area contributed by atoms with Gasteiger partial charge < -0.3 is 4.90 Å². The molecular weight excluding hydrogens is 253 g/mol. The number of hydrogen-bond donors (Lipinski definition) is 0. The van der Waals surface area contributed by atoms with Gasteiger partial charge in [0.15, 0.2) is 5.78 Å². The first-order valence-electron chi connectivity index (χ1n) is 7.59. The maximum atomic E-state index is 13.7. The normalized spacial score (nSPS) is 16.5. The average Bonchev–Trinajstić information content (AvgIpc) is 2.42. The fraction of sp³-hybridized carbons (Fsp3) is 0.588. The van der Waals surface area contributed by atoms with Crippen molar-refractivity contribution in [1.29, 1.82) is 0 Å². The lowest BCUT2D eigenvalue weighted by Crippen LogP contribution is -2.34. The predicted molar refractivity (Wildman–Crippen MR) is 81.0 cm³/mol. The molecule has 0 aliphatic carbocycles. The molecule has 0 bridgehead atoms. The minimum Gasteiger partial charge on any atom is -0.371 e. The molecule has 0 unspecified atom stereocenters. The summed E-state index contributed by atoms with van der Waals surface area (Å²) in [5, 5.41) is 0. The highest BCUT2D eigenvalue weighted by molar-refractivity contribution is 6.00. The van der Waals surface area contributed by atoms with Gasteiger partial charge in [0, 0.05) is 24.3 Å². The Kier molecular flexibility index (Phi) is 4.79. The second-order valence-electron chi connectivity index (χ2n) is 5.89. The predicted octanol–water partition coefficient (Wildman–Crippen LogP) is 4.35. The Morgan fingerprint density at radius 1 is 1.35 bits per heavy atom. The third-order valence-corrected chi connectivity index (χ3v) is 4.31. The van der Waals surface area contributed by atoms with E-state index in [2.05, 4.69) is 11.8 Å². The molecule has 0 aromatic heterocycles. The first-order valence-corrected chi connectivity index (χ1v) is 7.59. The summed E-state index contributed by atoms with van der Waals surface area (Å²) in [6.45, 7) is 7.43. The van der Waals surface area contributed by atoms with Crippen molar-refractivity contribution in [2.75, 3.05) is 18.0 Å². The Morgan fingerprint density at radius 3 is 2.55 bits per heavy atom. The molecule has 1 aromatic carbocycles. The van der Waals surface area contributed by atoms with Crippen LogP contribution in [-0.2, 0) is 0 Å². The summed E-state index contributed by atoms with van der Waals surface area (Å²) in [5.41, 5.74) is 2.04. The average molecular weight is 277 g/mol. The monoisotopic (exact) mass is 277 g/mol. The number of aryl methyl sites for hydroxylation is 1. The van der Waals surface area contributed by atoms with E-state index in [-0.39, 0.29) is 11.6 Å². The van der Waals surface area contributed by atoms with E-state index in [9.17, 15) is 9.18 Å². The number of Topliss-reactive ketones (excluding diaryl/α,β-unsaturated/α-hetero) is 1. The van der Waals surface area contributed by atoms with Gasteiger partial charge in [0.2, 0.25) is 0 Å². The Balaban J connectivity index is 2.21. The van der Waals surface area contributed by atoms with Crippen molar-refractivity contribution in [1.82, 2.24) is 0 Å². The van der Waals surface area contributed by atoms with Crippen LogP contribution in [-0.4, -0.2) is 18.9 Å². The maximum absolute atomic E-state index is 13.7. The lowest BCUT2D eigenvalue weighted by atomic mass is 9.91. The summed E-state index contributed by atoms with van der Waals surface area (Å²) < 4.78 is 13.7. The smallest absolute Gasteiger partial charge is 0.161 e. The largest absolute Gasteiger partial charge is 0.371 e. The molecule has 20 heavy (non-hydrogen) atoms. The third kappa shape index (κ3) is 3.20. The van der Waals surface area contributed by atoms with E-state index in [1.807, 2.05) is 6.07 Å². The highest BCUT2D eigenvalue weighted by Gasteiger charge is 2.22. The summed E-state index contributed by atoms with van der Waals surface area (Å²) in [6.07, 6.45) is 4.86. The fourth-order valence-electron chi connectivity index (χ4n) is 3.08. The lowest BCUT2D eigenvalue weighted by Gasteiger charge is -2.34. The number of hydrogen-bond acceptors (Lipinski definition) is 2. The van der Waals surface area contributed by atoms with Crippen molar-refractivity contribution in [3.05, 3.63) is 29.1 Å². The van der Waals surface area contributed by atoms with Crippen LogP contribution >= 0.6 is 0 Å². The van der Waals surface area contributed by atoms with Crippen molar-refractivity contribution in [2.45, 2.75) is 46.5 Å². The Bertz CT molecular complexity index is 490. The van der Waals surface area contributed by atoms with Crippen molar-refractivity contribution < 1.29 is 9.18 Å². The highest BCUT2D eigenvalue weighted by Crippen LogP contribution is 2.30. The molecule has 1 fully saturated rings. The van der Waals surface area contributed by atoms with Gasteiger partial charge in [-0.3, -0.25) is 4.79 Å². The van der Waals surface area contributed by atoms with E-state index in [1.165, 1.54) is 38.7 Å². The molecule has 0 saturated carbocycles. The van der Waals surface area contributed by atoms with Crippen molar-refractivity contribution >= 4 is 11.5 Å². The first kappa shape index (κ1) is 15.0. The number of benzene rings is 1. The van der Waals surface area contributed by atoms with Crippen LogP contribution in [0.1, 0.15) is 55.5 Å². The molecule has 1 aromatic rings. The number of nitrogens with zero attached hydrogens (tertiary/aromatic N) is 1. The molecule has 110 valence electrons. The molecule has 0 radical (unpaired) electrons. The minimum atomic E-state index is -0.292. The summed E-state index contributed by atoms with van der Waals surface area (Å²) in [4.78, 5) is 14.0. The fourth-order valence-corrected chi connectivity index (χ4v) is 3.08. The van der Waals surface area contributed by atoms with Gasteiger partial charge in [0.25, 0.3) is 0 Å². The van der Waals surface area contributed by atoms with Crippen LogP contribution < -0.4 is 4.90 Å². The summed E-state index contributed by atoms with van der Waals surface area (Å²) >= 11 is 0. The lowest BCUT2D eigenvalue weighted by molar-refractivity contribution is 0.101. The Hall–Kier alpha value is -1.38. The summed E-state index contributed by atoms with van der Waals surface area (Å²) in [7, 11) is 0. The highest BCUT2D eigenvalue weighted by atomic mass is 19.1. The Morgan fingerprint density at radius 2 is 2.00 bits per heavy atom. The SMILES string of the molecule is CCCC1CCN(c2cc(C)c(F)cc2C(C)=O)CC1. The zero-order chi connectivity index (χ0) is 14.7. The second kappa shape index (κ2) is 6.38. The topological polar surface area (TPSA) is 20.3 Å². The van der Waals surface area contributed by atoms with Crippen LogP contribution in [0.15, 0.2) is 12.1 Å². The van der Waals surface area contributed by atoms with Crippen LogP contribution in [0.5, 0.6) is 0 Å². The van der Waals surface area contributed by atoms with E-state index in [4.69, 9.17) is 0 Å². The molecule has 2 nitrogen and oxygen atoms in total. The van der Waals surface area contributed by atoms with Crippen LogP contribution in [0.4, 0.5) is 10.1 Å². The van der Waals surface area contributed by atoms with Gasteiger partial charge in [0.05, 0.1) is 0 Å². The first-order chi connectivity index (χ1) is 9.52. The molecule has 0 amide bonds. The second-order valence-corrected chi connectivity index (χ2v) is 5.89. The van der Waals surface area contributed by atoms with E-state index in [0.29, 0.717) is 11.1 Å². The molecule has 1 aliphatic heterocycles. The zero-order valence-corrected chi connectivity index (χ0v) is 12.7. The summed E-state index contributed by atoms with van der Waals surface area (Å²) in [5.74, 6) is 0.452. The van der Waals surface area contributed by atoms with Crippen LogP contribution in [0, 0.1) is 18.7 Å². The van der Waals surface area contributed by atoms with E-state index >= 15 is 0 Å². The molecule has 1 saturated heterocycles. The number of anilines is 1. The number of piperidine rings is 1. The molecule has 1 heterocycles. The quantitative estimate of drug-likeness (QED) is 0.762. The minimum absolute atomic E-state index is 0.0606. The van der Waals surface area contributed by atoms with Gasteiger partial charge in [-0.25, -0.2) is 4.39 Å². The number of carbonyl (C=O) groups excluding carboxylic acids is 1. The molecular formula is C17H24FNO. The molecule has 1 aliphatic rings. The van der Waals surface area contributed by atoms with Crippen LogP contribution in [0.3, 0.4) is 0 Å². The van der Waals surface area contributed by atoms with E-state index < -0.39 is 0 Å². The number of rotatable bonds is 4. The van der Waals surface area contributed by atoms with Gasteiger partial charge in [-0.1, -0.05) is 19.8 Å². The van der Waals surface area contributed by atoms with E-state index in [0.717, 1.165) is 24.7 Å². The number of carbonyl (C=O) groups is 1. The van der Waals surface area contributed by atoms with Gasteiger partial charge >= 0.3 is 0 Å². The summed E-state index contributed by atoms with van der Waals surface area (Å²) in [6, 6.07) is 3.22. The third-order valence-electron chi connectivity index (χ3n) is 4.31. The van der Waals surface area contributed by atoms with Gasteiger partial charge in [-0.15, -0.1) is 0 Å². The standard InChI is InChI=1S/C17H24FNO/c1-4-5-14-6-8-19(9-7-14)17-10-12(2)16(18)11-15(17)13(3)20/h10-11,14H,4-9H2,1-3H3. The molecule has 2 rings (SSSR count). The molecule has 0 spiro atoms. The van der Waals surface area contributed by atoms with Gasteiger partial charge in [-0.2, -0.15) is 0 Å². The zero-order valence-electron chi connectivity index (χ0n) is 12.7. The molecule has 3 heteroatoms. The van der Waals surface area contributed by atoms with Crippen molar-refractivity contribution in [3.63, 3.8) is 0 Å². The van der Waals surface area contributed by atoms with Crippen LogP contribution in [0.25, 0.3) is 0 Å². The Labute approximate surface area is 121 Å². The molecule has 0 atom stereocenters.